The normalized spacial score (nSPS) is 17.5. The molecule has 0 amide bonds. The van der Waals surface area contributed by atoms with Crippen LogP contribution in [0.4, 0.5) is 34.6 Å². The number of esters is 2. The first-order valence-electron chi connectivity index (χ1n) is 25.5. The van der Waals surface area contributed by atoms with Crippen LogP contribution in [-0.2, 0) is 18.8 Å². The molecule has 0 radical (unpaired) electrons. The molecule has 20 heteroatoms. The Hall–Kier alpha value is -7.61. The third-order valence-corrected chi connectivity index (χ3v) is 14.9. The van der Waals surface area contributed by atoms with Gasteiger partial charge >= 0.3 is 19.1 Å². The van der Waals surface area contributed by atoms with Crippen molar-refractivity contribution < 1.29 is 28.4 Å². The van der Waals surface area contributed by atoms with Gasteiger partial charge in [-0.2, -0.15) is 10.2 Å². The molecule has 0 bridgehead atoms. The Morgan fingerprint density at radius 3 is 1.67 bits per heavy atom. The van der Waals surface area contributed by atoms with Gasteiger partial charge in [0.15, 0.2) is 16.4 Å². The van der Waals surface area contributed by atoms with Gasteiger partial charge in [-0.3, -0.25) is 0 Å². The van der Waals surface area contributed by atoms with Gasteiger partial charge in [-0.1, -0.05) is 48.0 Å². The summed E-state index contributed by atoms with van der Waals surface area (Å²) in [6.45, 7) is 18.4. The van der Waals surface area contributed by atoms with Crippen LogP contribution in [0.15, 0.2) is 110 Å². The number of imidazole rings is 2. The molecule has 6 aromatic heterocycles. The molecule has 394 valence electrons. The lowest BCUT2D eigenvalue weighted by Crippen LogP contribution is -2.41. The average Bonchev–Trinajstić information content (AvgIpc) is 4.29. The van der Waals surface area contributed by atoms with Crippen molar-refractivity contribution in [3.8, 4) is 11.3 Å². The van der Waals surface area contributed by atoms with Crippen molar-refractivity contribution in [1.29, 1.82) is 0 Å². The number of nitrogens with one attached hydrogen (secondary N) is 2. The number of aromatic nitrogens is 8. The molecule has 2 N–H and O–H groups in total. The highest BCUT2D eigenvalue weighted by Gasteiger charge is 2.52. The number of pyridine rings is 2. The number of nitrogens with zero attached hydrogens (tertiary/aromatic N) is 10. The Balaban J connectivity index is 0.000000145. The first-order chi connectivity index (χ1) is 36.4. The number of carbonyl (C=O) groups excluding carboxylic acids is 2. The summed E-state index contributed by atoms with van der Waals surface area (Å²) >= 11 is 6.07. The number of benzene rings is 2. The summed E-state index contributed by atoms with van der Waals surface area (Å²) in [5.41, 5.74) is 7.33. The second-order valence-electron chi connectivity index (χ2n) is 20.2. The maximum absolute atomic E-state index is 12.2. The Morgan fingerprint density at radius 2 is 1.16 bits per heavy atom. The number of hydrogen-bond acceptors (Lipinski definition) is 16. The Morgan fingerprint density at radius 1 is 0.671 bits per heavy atom. The van der Waals surface area contributed by atoms with Gasteiger partial charge in [-0.25, -0.2) is 38.6 Å². The first kappa shape index (κ1) is 53.2. The van der Waals surface area contributed by atoms with Crippen LogP contribution >= 0.6 is 11.6 Å². The van der Waals surface area contributed by atoms with Gasteiger partial charge in [0, 0.05) is 61.6 Å². The number of rotatable bonds is 10. The van der Waals surface area contributed by atoms with E-state index in [1.54, 1.807) is 52.0 Å². The molecule has 3 aliphatic heterocycles. The van der Waals surface area contributed by atoms with E-state index in [1.165, 1.54) is 39.9 Å². The van der Waals surface area contributed by atoms with E-state index in [2.05, 4.69) is 61.5 Å². The van der Waals surface area contributed by atoms with E-state index in [0.29, 0.717) is 34.0 Å². The maximum atomic E-state index is 12.2. The van der Waals surface area contributed by atoms with Crippen LogP contribution < -0.4 is 25.9 Å². The molecule has 3 aliphatic rings. The number of hydrogen-bond donors (Lipinski definition) is 2. The summed E-state index contributed by atoms with van der Waals surface area (Å²) in [6.07, 6.45) is 11.8. The molecule has 3 saturated heterocycles. The van der Waals surface area contributed by atoms with Crippen LogP contribution in [0.3, 0.4) is 0 Å². The van der Waals surface area contributed by atoms with E-state index < -0.39 is 18.3 Å². The summed E-state index contributed by atoms with van der Waals surface area (Å²) in [5, 5.41) is 16.0. The SMILES string of the molecule is COC(=O)c1cccc(-c2cc(Nc3cccc(N4CCC[C@@H]4C)n3)c3nccn3n2)c1C.COC(=O)c1cccc(B2OC(C)(C)C(C)(C)O2)c1C.C[C@H]1CCCN1c1cccc(Nc2cc(Cl)nn3ccnc23)n1. The molecule has 11 rings (SSSR count). The Kier molecular flexibility index (Phi) is 15.6. The van der Waals surface area contributed by atoms with Crippen molar-refractivity contribution in [2.45, 2.75) is 104 Å². The minimum Gasteiger partial charge on any atom is -0.465 e. The topological polar surface area (TPSA) is 188 Å². The zero-order valence-corrected chi connectivity index (χ0v) is 45.4. The smallest absolute Gasteiger partial charge is 0.465 e. The monoisotopic (exact) mass is 1050 g/mol. The van der Waals surface area contributed by atoms with E-state index >= 15 is 0 Å². The van der Waals surface area contributed by atoms with E-state index in [1.807, 2.05) is 96.1 Å². The van der Waals surface area contributed by atoms with E-state index in [4.69, 9.17) is 45.5 Å². The summed E-state index contributed by atoms with van der Waals surface area (Å²) < 4.78 is 25.2. The van der Waals surface area contributed by atoms with Crippen molar-refractivity contribution in [2.24, 2.45) is 0 Å². The van der Waals surface area contributed by atoms with Gasteiger partial charge in [0.1, 0.15) is 23.3 Å². The third kappa shape index (κ3) is 11.2. The molecule has 0 aliphatic carbocycles. The number of carbonyl (C=O) groups is 2. The largest absolute Gasteiger partial charge is 0.495 e. The molecule has 18 nitrogen and oxygen atoms in total. The lowest BCUT2D eigenvalue weighted by molar-refractivity contribution is 0.00578. The van der Waals surface area contributed by atoms with Crippen LogP contribution in [0.25, 0.3) is 22.6 Å². The molecule has 9 heterocycles. The van der Waals surface area contributed by atoms with Crippen LogP contribution in [0.2, 0.25) is 5.15 Å². The lowest BCUT2D eigenvalue weighted by Gasteiger charge is -2.32. The van der Waals surface area contributed by atoms with Gasteiger partial charge in [-0.05, 0) is 140 Å². The number of ether oxygens (including phenoxy) is 2. The Labute approximate surface area is 448 Å². The average molecular weight is 1050 g/mol. The van der Waals surface area contributed by atoms with E-state index in [0.717, 1.165) is 81.2 Å². The van der Waals surface area contributed by atoms with Crippen molar-refractivity contribution in [3.63, 3.8) is 0 Å². The lowest BCUT2D eigenvalue weighted by atomic mass is 9.75. The summed E-state index contributed by atoms with van der Waals surface area (Å²) in [5.74, 6) is 2.77. The van der Waals surface area contributed by atoms with Gasteiger partial charge in [0.05, 0.1) is 53.6 Å². The molecule has 76 heavy (non-hydrogen) atoms. The summed E-state index contributed by atoms with van der Waals surface area (Å²) in [4.78, 5) is 47.0. The van der Waals surface area contributed by atoms with E-state index in [9.17, 15) is 9.59 Å². The molecule has 2 aromatic carbocycles. The quantitative estimate of drug-likeness (QED) is 0.0972. The number of halogens is 1. The third-order valence-electron chi connectivity index (χ3n) is 14.7. The van der Waals surface area contributed by atoms with Crippen LogP contribution in [0.5, 0.6) is 0 Å². The fourth-order valence-corrected chi connectivity index (χ4v) is 9.89. The number of fused-ring (bicyclic) bond motifs is 2. The molecule has 0 spiro atoms. The van der Waals surface area contributed by atoms with Crippen molar-refractivity contribution >= 4 is 82.1 Å². The summed E-state index contributed by atoms with van der Waals surface area (Å²) in [7, 11) is 2.30. The predicted molar refractivity (Wildman–Crippen MR) is 298 cm³/mol. The molecule has 8 aromatic rings. The zero-order chi connectivity index (χ0) is 53.9. The highest BCUT2D eigenvalue weighted by atomic mass is 35.5. The fraction of sp³-hybridized carbons (Fsp3) is 0.357. The predicted octanol–water partition coefficient (Wildman–Crippen LogP) is 10.2. The van der Waals surface area contributed by atoms with E-state index in [-0.39, 0.29) is 11.9 Å². The molecule has 3 fully saturated rings. The number of methoxy groups -OCH3 is 2. The second-order valence-corrected chi connectivity index (χ2v) is 20.6. The van der Waals surface area contributed by atoms with Gasteiger partial charge in [0.2, 0.25) is 0 Å². The molecule has 0 unspecified atom stereocenters. The highest BCUT2D eigenvalue weighted by Crippen LogP contribution is 2.37. The fourth-order valence-electron chi connectivity index (χ4n) is 9.70. The molecular weight excluding hydrogens is 983 g/mol. The summed E-state index contributed by atoms with van der Waals surface area (Å²) in [6, 6.07) is 27.8. The molecule has 2 atom stereocenters. The standard InChI is InChI=1S/C25H26N6O2.C16H17ClN6.C15H21BO4/c1-16-7-6-13-30(16)23-11-5-10-22(28-23)27-21-15-20(29-31-14-12-26-24(21)31)18-8-4-9-19(17(18)2)25(32)33-3;1-11-4-3-8-22(11)15-6-2-5-14(20-15)19-12-10-13(17)21-23-9-7-18-16(12)23;1-10-11(13(17)18-6)8-7-9-12(10)16-19-14(2,3)15(4,5)20-16/h4-5,8-12,14-16H,6-7,13H2,1-3H3,(H,27,28);2,5-7,9-11H,3-4,8H2,1H3,(H,19,20);7-9H,1-6H3/t16-;11-;/m00./s1. The van der Waals surface area contributed by atoms with Crippen LogP contribution in [0.1, 0.15) is 99.1 Å². The maximum Gasteiger partial charge on any atom is 0.495 e. The first-order valence-corrected chi connectivity index (χ1v) is 25.9. The Bertz CT molecular complexity index is 3390. The molecular formula is C56H64BClN12O6. The highest BCUT2D eigenvalue weighted by molar-refractivity contribution is 6.62. The zero-order valence-electron chi connectivity index (χ0n) is 44.7. The van der Waals surface area contributed by atoms with Crippen LogP contribution in [0, 0.1) is 13.8 Å². The van der Waals surface area contributed by atoms with Gasteiger partial charge in [0.25, 0.3) is 0 Å². The van der Waals surface area contributed by atoms with Crippen molar-refractivity contribution in [3.05, 3.63) is 137 Å². The van der Waals surface area contributed by atoms with Gasteiger partial charge in [-0.15, -0.1) is 0 Å². The minimum absolute atomic E-state index is 0.346. The van der Waals surface area contributed by atoms with Crippen LogP contribution in [-0.4, -0.2) is 109 Å². The molecule has 0 saturated carbocycles. The van der Waals surface area contributed by atoms with Crippen molar-refractivity contribution in [1.82, 2.24) is 39.2 Å². The minimum atomic E-state index is -0.468. The van der Waals surface area contributed by atoms with Gasteiger partial charge < -0.3 is 39.2 Å². The van der Waals surface area contributed by atoms with Crippen molar-refractivity contribution in [2.75, 3.05) is 47.7 Å². The second kappa shape index (κ2) is 22.3. The number of anilines is 6.